The van der Waals surface area contributed by atoms with E-state index in [1.165, 1.54) is 25.3 Å². The van der Waals surface area contributed by atoms with Crippen LogP contribution in [0.2, 0.25) is 0 Å². The molecule has 0 aromatic heterocycles. The first kappa shape index (κ1) is 14.9. The number of hydrogen-bond donors (Lipinski definition) is 2. The standard InChI is InChI=1S/C12H17N3O4/c1-3-8(13)6-12(16)14-10-5-4-9(15(17)18)7-11(10)19-2/h4-5,7-8H,3,6,13H2,1-2H3,(H,14,16). The maximum absolute atomic E-state index is 11.7. The molecule has 7 nitrogen and oxygen atoms in total. The lowest BCUT2D eigenvalue weighted by Crippen LogP contribution is -2.26. The molecular weight excluding hydrogens is 250 g/mol. The monoisotopic (exact) mass is 267 g/mol. The first-order chi connectivity index (χ1) is 8.97. The van der Waals surface area contributed by atoms with Crippen molar-refractivity contribution in [2.75, 3.05) is 12.4 Å². The van der Waals surface area contributed by atoms with Gasteiger partial charge in [-0.1, -0.05) is 6.92 Å². The number of methoxy groups -OCH3 is 1. The summed E-state index contributed by atoms with van der Waals surface area (Å²) in [6.45, 7) is 1.89. The minimum absolute atomic E-state index is 0.0971. The molecular formula is C12H17N3O4. The highest BCUT2D eigenvalue weighted by atomic mass is 16.6. The Morgan fingerprint density at radius 2 is 2.26 bits per heavy atom. The molecule has 1 aromatic carbocycles. The van der Waals surface area contributed by atoms with Gasteiger partial charge in [-0.2, -0.15) is 0 Å². The summed E-state index contributed by atoms with van der Waals surface area (Å²) in [7, 11) is 1.38. The largest absolute Gasteiger partial charge is 0.494 e. The number of benzene rings is 1. The van der Waals surface area contributed by atoms with E-state index in [1.807, 2.05) is 6.92 Å². The van der Waals surface area contributed by atoms with Crippen LogP contribution >= 0.6 is 0 Å². The Morgan fingerprint density at radius 3 is 2.79 bits per heavy atom. The van der Waals surface area contributed by atoms with Gasteiger partial charge in [-0.3, -0.25) is 14.9 Å². The summed E-state index contributed by atoms with van der Waals surface area (Å²) in [5.74, 6) is -0.00544. The van der Waals surface area contributed by atoms with Gasteiger partial charge < -0.3 is 15.8 Å². The third-order valence-corrected chi connectivity index (χ3v) is 2.64. The summed E-state index contributed by atoms with van der Waals surface area (Å²) < 4.78 is 5.02. The van der Waals surface area contributed by atoms with Gasteiger partial charge in [0.2, 0.25) is 5.91 Å². The smallest absolute Gasteiger partial charge is 0.273 e. The predicted molar refractivity (Wildman–Crippen MR) is 71.2 cm³/mol. The van der Waals surface area contributed by atoms with Crippen molar-refractivity contribution < 1.29 is 14.5 Å². The highest BCUT2D eigenvalue weighted by Gasteiger charge is 2.14. The summed E-state index contributed by atoms with van der Waals surface area (Å²) in [5.41, 5.74) is 5.97. The zero-order valence-corrected chi connectivity index (χ0v) is 10.9. The Morgan fingerprint density at radius 1 is 1.58 bits per heavy atom. The van der Waals surface area contributed by atoms with Gasteiger partial charge in [-0.25, -0.2) is 0 Å². The van der Waals surface area contributed by atoms with Crippen LogP contribution in [0.1, 0.15) is 19.8 Å². The Hall–Kier alpha value is -2.15. The van der Waals surface area contributed by atoms with E-state index in [1.54, 1.807) is 0 Å². The van der Waals surface area contributed by atoms with E-state index in [0.717, 1.165) is 0 Å². The first-order valence-electron chi connectivity index (χ1n) is 5.85. The molecule has 104 valence electrons. The molecule has 0 saturated heterocycles. The molecule has 1 atom stereocenters. The molecule has 0 spiro atoms. The molecule has 0 radical (unpaired) electrons. The van der Waals surface area contributed by atoms with E-state index in [-0.39, 0.29) is 29.8 Å². The molecule has 1 unspecified atom stereocenters. The fraction of sp³-hybridized carbons (Fsp3) is 0.417. The van der Waals surface area contributed by atoms with E-state index >= 15 is 0 Å². The number of carbonyl (C=O) groups excluding carboxylic acids is 1. The van der Waals surface area contributed by atoms with Gasteiger partial charge in [0.15, 0.2) is 0 Å². The molecule has 3 N–H and O–H groups in total. The van der Waals surface area contributed by atoms with E-state index < -0.39 is 4.92 Å². The minimum atomic E-state index is -0.527. The molecule has 0 aliphatic heterocycles. The second kappa shape index (κ2) is 6.69. The number of amides is 1. The summed E-state index contributed by atoms with van der Waals surface area (Å²) in [5, 5.41) is 13.3. The molecule has 1 aromatic rings. The number of non-ortho nitro benzene ring substituents is 1. The highest BCUT2D eigenvalue weighted by molar-refractivity contribution is 5.92. The van der Waals surface area contributed by atoms with Crippen LogP contribution in [0.25, 0.3) is 0 Å². The first-order valence-corrected chi connectivity index (χ1v) is 5.85. The number of nitro benzene ring substituents is 1. The van der Waals surface area contributed by atoms with E-state index in [4.69, 9.17) is 10.5 Å². The van der Waals surface area contributed by atoms with Crippen LogP contribution in [-0.2, 0) is 4.79 Å². The van der Waals surface area contributed by atoms with Crippen molar-refractivity contribution in [2.45, 2.75) is 25.8 Å². The number of nitrogens with one attached hydrogen (secondary N) is 1. The number of hydrogen-bond acceptors (Lipinski definition) is 5. The Balaban J connectivity index is 2.83. The summed E-state index contributed by atoms with van der Waals surface area (Å²) >= 11 is 0. The second-order valence-corrected chi connectivity index (χ2v) is 4.06. The lowest BCUT2D eigenvalue weighted by molar-refractivity contribution is -0.384. The van der Waals surface area contributed by atoms with Crippen molar-refractivity contribution in [1.29, 1.82) is 0 Å². The molecule has 0 fully saturated rings. The molecule has 0 heterocycles. The van der Waals surface area contributed by atoms with Crippen LogP contribution in [0, 0.1) is 10.1 Å². The van der Waals surface area contributed by atoms with Gasteiger partial charge >= 0.3 is 0 Å². The molecule has 0 aliphatic carbocycles. The SMILES string of the molecule is CCC(N)CC(=O)Nc1ccc([N+](=O)[O-])cc1OC. The van der Waals surface area contributed by atoms with Gasteiger partial charge in [-0.15, -0.1) is 0 Å². The maximum Gasteiger partial charge on any atom is 0.273 e. The van der Waals surface area contributed by atoms with Crippen LogP contribution in [0.3, 0.4) is 0 Å². The lowest BCUT2D eigenvalue weighted by atomic mass is 10.1. The van der Waals surface area contributed by atoms with Crippen molar-refractivity contribution in [1.82, 2.24) is 0 Å². The van der Waals surface area contributed by atoms with Crippen molar-refractivity contribution in [2.24, 2.45) is 5.73 Å². The van der Waals surface area contributed by atoms with Crippen LogP contribution in [-0.4, -0.2) is 24.0 Å². The number of rotatable bonds is 6. The maximum atomic E-state index is 11.7. The topological polar surface area (TPSA) is 107 Å². The predicted octanol–water partition coefficient (Wildman–Crippen LogP) is 1.67. The highest BCUT2D eigenvalue weighted by Crippen LogP contribution is 2.29. The molecule has 1 amide bonds. The van der Waals surface area contributed by atoms with Crippen LogP contribution in [0.15, 0.2) is 18.2 Å². The average molecular weight is 267 g/mol. The van der Waals surface area contributed by atoms with E-state index in [9.17, 15) is 14.9 Å². The van der Waals surface area contributed by atoms with Crippen LogP contribution in [0.4, 0.5) is 11.4 Å². The quantitative estimate of drug-likeness (QED) is 0.602. The van der Waals surface area contributed by atoms with Gasteiger partial charge in [0.05, 0.1) is 23.8 Å². The Labute approximate surface area is 110 Å². The molecule has 0 aliphatic rings. The number of ether oxygens (including phenoxy) is 1. The van der Waals surface area contributed by atoms with E-state index in [0.29, 0.717) is 12.1 Å². The van der Waals surface area contributed by atoms with Gasteiger partial charge in [0.1, 0.15) is 5.75 Å². The molecule has 7 heteroatoms. The second-order valence-electron chi connectivity index (χ2n) is 4.06. The number of nitro groups is 1. The Bertz CT molecular complexity index is 476. The van der Waals surface area contributed by atoms with Crippen molar-refractivity contribution >= 4 is 17.3 Å². The number of carbonyl (C=O) groups is 1. The number of anilines is 1. The zero-order chi connectivity index (χ0) is 14.4. The van der Waals surface area contributed by atoms with Crippen molar-refractivity contribution in [3.63, 3.8) is 0 Å². The van der Waals surface area contributed by atoms with Crippen LogP contribution in [0.5, 0.6) is 5.75 Å². The fourth-order valence-electron chi connectivity index (χ4n) is 1.48. The third kappa shape index (κ3) is 4.22. The molecule has 1 rings (SSSR count). The summed E-state index contributed by atoms with van der Waals surface area (Å²) in [6.07, 6.45) is 0.890. The molecule has 19 heavy (non-hydrogen) atoms. The summed E-state index contributed by atoms with van der Waals surface area (Å²) in [6, 6.07) is 3.79. The van der Waals surface area contributed by atoms with Gasteiger partial charge in [0, 0.05) is 18.5 Å². The van der Waals surface area contributed by atoms with Crippen molar-refractivity contribution in [3.05, 3.63) is 28.3 Å². The van der Waals surface area contributed by atoms with Crippen molar-refractivity contribution in [3.8, 4) is 5.75 Å². The molecule has 0 bridgehead atoms. The summed E-state index contributed by atoms with van der Waals surface area (Å²) in [4.78, 5) is 21.8. The molecule has 0 saturated carbocycles. The van der Waals surface area contributed by atoms with Gasteiger partial charge in [-0.05, 0) is 12.5 Å². The van der Waals surface area contributed by atoms with E-state index in [2.05, 4.69) is 5.32 Å². The third-order valence-electron chi connectivity index (χ3n) is 2.64. The Kier molecular flexibility index (Phi) is 5.25. The zero-order valence-electron chi connectivity index (χ0n) is 10.9. The minimum Gasteiger partial charge on any atom is -0.494 e. The van der Waals surface area contributed by atoms with Gasteiger partial charge in [0.25, 0.3) is 5.69 Å². The lowest BCUT2D eigenvalue weighted by Gasteiger charge is -2.12. The average Bonchev–Trinajstić information content (AvgIpc) is 2.38. The van der Waals surface area contributed by atoms with Crippen LogP contribution < -0.4 is 15.8 Å². The fourth-order valence-corrected chi connectivity index (χ4v) is 1.48. The normalized spacial score (nSPS) is 11.7. The number of nitrogens with two attached hydrogens (primary N) is 1. The number of nitrogens with zero attached hydrogens (tertiary/aromatic N) is 1.